The van der Waals surface area contributed by atoms with E-state index in [9.17, 15) is 9.59 Å². The van der Waals surface area contributed by atoms with Crippen molar-refractivity contribution in [1.29, 1.82) is 0 Å². The fourth-order valence-corrected chi connectivity index (χ4v) is 1.37. The minimum Gasteiger partial charge on any atom is -0.435 e. The Bertz CT molecular complexity index is 232. The molecule has 0 saturated carbocycles. The Morgan fingerprint density at radius 3 is 1.47 bits per heavy atom. The molecule has 4 heteroatoms. The van der Waals surface area contributed by atoms with Gasteiger partial charge in [0.1, 0.15) is 0 Å². The second-order valence-electron chi connectivity index (χ2n) is 3.58. The molecule has 0 fully saturated rings. The maximum atomic E-state index is 10.9. The number of esters is 2. The minimum atomic E-state index is -0.241. The van der Waals surface area contributed by atoms with Crippen LogP contribution in [-0.4, -0.2) is 11.9 Å². The molecule has 0 unspecified atom stereocenters. The molecule has 4 nitrogen and oxygen atoms in total. The number of hydrogen-bond acceptors (Lipinski definition) is 4. The van der Waals surface area contributed by atoms with Crippen molar-refractivity contribution in [1.82, 2.24) is 0 Å². The molecule has 0 heterocycles. The highest BCUT2D eigenvalue weighted by Gasteiger charge is 2.02. The number of hydrogen-bond donors (Lipinski definition) is 0. The molecule has 0 aliphatic carbocycles. The van der Waals surface area contributed by atoms with Gasteiger partial charge in [-0.15, -0.1) is 0 Å². The lowest BCUT2D eigenvalue weighted by Crippen LogP contribution is -1.99. The summed E-state index contributed by atoms with van der Waals surface area (Å²) in [5, 5.41) is 0. The van der Waals surface area contributed by atoms with Crippen molar-refractivity contribution in [2.45, 2.75) is 44.9 Å². The third kappa shape index (κ3) is 10.7. The van der Waals surface area contributed by atoms with Crippen LogP contribution in [0.3, 0.4) is 0 Å². The van der Waals surface area contributed by atoms with Gasteiger partial charge in [-0.05, 0) is 12.8 Å². The molecule has 0 aliphatic heterocycles. The van der Waals surface area contributed by atoms with Crippen LogP contribution < -0.4 is 0 Å². The number of carbonyl (C=O) groups is 2. The summed E-state index contributed by atoms with van der Waals surface area (Å²) >= 11 is 0. The normalized spacial score (nSPS) is 9.41. The molecule has 0 spiro atoms. The van der Waals surface area contributed by atoms with Gasteiger partial charge in [0.2, 0.25) is 0 Å². The van der Waals surface area contributed by atoms with E-state index in [-0.39, 0.29) is 11.9 Å². The van der Waals surface area contributed by atoms with Gasteiger partial charge in [0.15, 0.2) is 0 Å². The van der Waals surface area contributed by atoms with E-state index in [0.29, 0.717) is 12.8 Å². The average Bonchev–Trinajstić information content (AvgIpc) is 2.28. The van der Waals surface area contributed by atoms with Crippen LogP contribution in [0.2, 0.25) is 0 Å². The molecule has 0 saturated heterocycles. The first-order chi connectivity index (χ1) is 8.20. The molecule has 0 bridgehead atoms. The quantitative estimate of drug-likeness (QED) is 0.334. The van der Waals surface area contributed by atoms with E-state index in [4.69, 9.17) is 0 Å². The lowest BCUT2D eigenvalue weighted by Gasteiger charge is -2.01. The molecule has 17 heavy (non-hydrogen) atoms. The Balaban J connectivity index is 3.23. The van der Waals surface area contributed by atoms with E-state index in [1.165, 1.54) is 0 Å². The first-order valence-electron chi connectivity index (χ1n) is 5.81. The highest BCUT2D eigenvalue weighted by atomic mass is 16.5. The molecule has 0 aliphatic rings. The lowest BCUT2D eigenvalue weighted by molar-refractivity contribution is -0.138. The maximum Gasteiger partial charge on any atom is 0.310 e. The van der Waals surface area contributed by atoms with Crippen LogP contribution in [0, 0.1) is 0 Å². The Morgan fingerprint density at radius 1 is 0.765 bits per heavy atom. The number of unbranched alkanes of at least 4 members (excludes halogenated alkanes) is 4. The molecule has 0 N–H and O–H groups in total. The van der Waals surface area contributed by atoms with E-state index in [1.807, 2.05) is 0 Å². The Labute approximate surface area is 102 Å². The second-order valence-corrected chi connectivity index (χ2v) is 3.58. The molecule has 0 atom stereocenters. The van der Waals surface area contributed by atoms with Crippen molar-refractivity contribution < 1.29 is 19.1 Å². The Morgan fingerprint density at radius 2 is 1.12 bits per heavy atom. The predicted octanol–water partition coefficient (Wildman–Crippen LogP) is 3.09. The molecular formula is C13H20O4. The first-order valence-corrected chi connectivity index (χ1v) is 5.81. The third-order valence-electron chi connectivity index (χ3n) is 2.19. The van der Waals surface area contributed by atoms with E-state index >= 15 is 0 Å². The second kappa shape index (κ2) is 10.9. The third-order valence-corrected chi connectivity index (χ3v) is 2.19. The van der Waals surface area contributed by atoms with Gasteiger partial charge in [-0.25, -0.2) is 0 Å². The number of rotatable bonds is 10. The van der Waals surface area contributed by atoms with Crippen molar-refractivity contribution >= 4 is 11.9 Å². The van der Waals surface area contributed by atoms with Crippen molar-refractivity contribution in [2.75, 3.05) is 0 Å². The Kier molecular flexibility index (Phi) is 9.91. The topological polar surface area (TPSA) is 52.6 Å². The summed E-state index contributed by atoms with van der Waals surface area (Å²) in [7, 11) is 0. The summed E-state index contributed by atoms with van der Waals surface area (Å²) in [6.45, 7) is 6.61. The predicted molar refractivity (Wildman–Crippen MR) is 64.9 cm³/mol. The highest BCUT2D eigenvalue weighted by Crippen LogP contribution is 2.08. The molecule has 0 aromatic carbocycles. The SMILES string of the molecule is C=COC(=O)CCCCCCCC(=O)OC=C. The molecule has 0 aromatic heterocycles. The lowest BCUT2D eigenvalue weighted by atomic mass is 10.1. The van der Waals surface area contributed by atoms with Crippen LogP contribution in [0.4, 0.5) is 0 Å². The summed E-state index contributed by atoms with van der Waals surface area (Å²) in [6.07, 6.45) is 7.68. The van der Waals surface area contributed by atoms with Gasteiger partial charge >= 0.3 is 11.9 Å². The van der Waals surface area contributed by atoms with Crippen LogP contribution in [0.15, 0.2) is 25.7 Å². The molecule has 0 rings (SSSR count). The number of ether oxygens (including phenoxy) is 2. The van der Waals surface area contributed by atoms with E-state index < -0.39 is 0 Å². The van der Waals surface area contributed by atoms with Crippen molar-refractivity contribution in [3.63, 3.8) is 0 Å². The van der Waals surface area contributed by atoms with Crippen molar-refractivity contribution in [3.8, 4) is 0 Å². The van der Waals surface area contributed by atoms with Gasteiger partial charge in [-0.3, -0.25) is 9.59 Å². The summed E-state index contributed by atoms with van der Waals surface area (Å²) in [5.74, 6) is -0.482. The van der Waals surface area contributed by atoms with E-state index in [1.54, 1.807) is 0 Å². The zero-order valence-corrected chi connectivity index (χ0v) is 10.2. The first kappa shape index (κ1) is 15.4. The van der Waals surface area contributed by atoms with Crippen LogP contribution >= 0.6 is 0 Å². The van der Waals surface area contributed by atoms with Crippen LogP contribution in [0.5, 0.6) is 0 Å². The van der Waals surface area contributed by atoms with E-state index in [2.05, 4.69) is 22.6 Å². The smallest absolute Gasteiger partial charge is 0.310 e. The Hall–Kier alpha value is -1.58. The summed E-state index contributed by atoms with van der Waals surface area (Å²) in [6, 6.07) is 0. The van der Waals surface area contributed by atoms with Crippen LogP contribution in [0.25, 0.3) is 0 Å². The van der Waals surface area contributed by atoms with Crippen LogP contribution in [-0.2, 0) is 19.1 Å². The maximum absolute atomic E-state index is 10.9. The average molecular weight is 240 g/mol. The number of carbonyl (C=O) groups excluding carboxylic acids is 2. The standard InChI is InChI=1S/C13H20O4/c1-3-16-12(14)10-8-6-5-7-9-11-13(15)17-4-2/h3-4H,1-2,5-11H2. The molecule has 0 aromatic rings. The van der Waals surface area contributed by atoms with Gasteiger partial charge in [0.25, 0.3) is 0 Å². The highest BCUT2D eigenvalue weighted by molar-refractivity contribution is 5.70. The van der Waals surface area contributed by atoms with Crippen molar-refractivity contribution in [2.24, 2.45) is 0 Å². The van der Waals surface area contributed by atoms with Gasteiger partial charge in [-0.1, -0.05) is 32.4 Å². The molecule has 0 radical (unpaired) electrons. The summed E-state index contributed by atoms with van der Waals surface area (Å²) in [4.78, 5) is 21.9. The van der Waals surface area contributed by atoms with Crippen molar-refractivity contribution in [3.05, 3.63) is 25.7 Å². The van der Waals surface area contributed by atoms with Gasteiger partial charge in [0.05, 0.1) is 12.5 Å². The van der Waals surface area contributed by atoms with Crippen LogP contribution in [0.1, 0.15) is 44.9 Å². The monoisotopic (exact) mass is 240 g/mol. The summed E-state index contributed by atoms with van der Waals surface area (Å²) < 4.78 is 9.16. The van der Waals surface area contributed by atoms with Gasteiger partial charge < -0.3 is 9.47 Å². The van der Waals surface area contributed by atoms with Gasteiger partial charge in [-0.2, -0.15) is 0 Å². The molecular weight excluding hydrogens is 220 g/mol. The zero-order chi connectivity index (χ0) is 12.9. The largest absolute Gasteiger partial charge is 0.435 e. The van der Waals surface area contributed by atoms with Gasteiger partial charge in [0, 0.05) is 12.8 Å². The minimum absolute atomic E-state index is 0.241. The molecule has 96 valence electrons. The molecule has 0 amide bonds. The summed E-state index contributed by atoms with van der Waals surface area (Å²) in [5.41, 5.74) is 0. The zero-order valence-electron chi connectivity index (χ0n) is 10.2. The van der Waals surface area contributed by atoms with E-state index in [0.717, 1.165) is 44.6 Å². The fraction of sp³-hybridized carbons (Fsp3) is 0.538. The fourth-order valence-electron chi connectivity index (χ4n) is 1.37.